The first-order chi connectivity index (χ1) is 15.6. The van der Waals surface area contributed by atoms with Crippen molar-refractivity contribution in [3.63, 3.8) is 0 Å². The van der Waals surface area contributed by atoms with E-state index in [0.717, 1.165) is 0 Å². The molecule has 7 rings (SSSR count). The van der Waals surface area contributed by atoms with Gasteiger partial charge in [-0.3, -0.25) is 0 Å². The molecule has 1 aliphatic carbocycles. The van der Waals surface area contributed by atoms with Crippen molar-refractivity contribution in [1.82, 2.24) is 4.57 Å². The highest BCUT2D eigenvalue weighted by molar-refractivity contribution is 6.11. The minimum atomic E-state index is 0.00622. The van der Waals surface area contributed by atoms with Gasteiger partial charge in [0.15, 0.2) is 0 Å². The van der Waals surface area contributed by atoms with Crippen molar-refractivity contribution < 1.29 is 0 Å². The molecule has 0 aliphatic heterocycles. The number of aromatic nitrogens is 1. The lowest BCUT2D eigenvalue weighted by molar-refractivity contribution is 0.661. The first-order valence-corrected chi connectivity index (χ1v) is 11.3. The molecule has 32 heavy (non-hydrogen) atoms. The van der Waals surface area contributed by atoms with Crippen molar-refractivity contribution in [2.75, 3.05) is 0 Å². The third-order valence-corrected chi connectivity index (χ3v) is 7.37. The SMILES string of the molecule is CC1(C)c2ccccc2-c2cc3c(cc21)c1ccccc1n3-c1ccc2ccccc2c1. The second-order valence-corrected chi connectivity index (χ2v) is 9.47. The Morgan fingerprint density at radius 1 is 0.531 bits per heavy atom. The lowest BCUT2D eigenvalue weighted by Crippen LogP contribution is -2.14. The van der Waals surface area contributed by atoms with Crippen LogP contribution in [0.4, 0.5) is 0 Å². The molecule has 1 aromatic heterocycles. The summed E-state index contributed by atoms with van der Waals surface area (Å²) in [6, 6.07) is 37.9. The van der Waals surface area contributed by atoms with Crippen LogP contribution in [0.25, 0.3) is 49.4 Å². The van der Waals surface area contributed by atoms with Gasteiger partial charge in [0.1, 0.15) is 0 Å². The van der Waals surface area contributed by atoms with Crippen LogP contribution in [0.3, 0.4) is 0 Å². The zero-order chi connectivity index (χ0) is 21.4. The van der Waals surface area contributed by atoms with Crippen molar-refractivity contribution in [2.24, 2.45) is 0 Å². The zero-order valence-electron chi connectivity index (χ0n) is 18.3. The molecule has 0 unspecified atom stereocenters. The molecular weight excluding hydrogens is 386 g/mol. The number of hydrogen-bond acceptors (Lipinski definition) is 0. The first-order valence-electron chi connectivity index (χ1n) is 11.3. The molecule has 0 fully saturated rings. The third kappa shape index (κ3) is 2.23. The molecule has 5 aromatic carbocycles. The van der Waals surface area contributed by atoms with E-state index >= 15 is 0 Å². The fraction of sp³-hybridized carbons (Fsp3) is 0.0968. The van der Waals surface area contributed by atoms with Gasteiger partial charge in [-0.15, -0.1) is 0 Å². The minimum absolute atomic E-state index is 0.00622. The van der Waals surface area contributed by atoms with Gasteiger partial charge in [0, 0.05) is 21.9 Å². The van der Waals surface area contributed by atoms with Crippen molar-refractivity contribution in [3.8, 4) is 16.8 Å². The Hall–Kier alpha value is -3.84. The summed E-state index contributed by atoms with van der Waals surface area (Å²) < 4.78 is 2.44. The summed E-state index contributed by atoms with van der Waals surface area (Å²) in [5.74, 6) is 0. The van der Waals surface area contributed by atoms with Crippen molar-refractivity contribution in [3.05, 3.63) is 114 Å². The average molecular weight is 410 g/mol. The van der Waals surface area contributed by atoms with Gasteiger partial charge in [-0.1, -0.05) is 86.6 Å². The number of rotatable bonds is 1. The van der Waals surface area contributed by atoms with Crippen LogP contribution in [-0.2, 0) is 5.41 Å². The Kier molecular flexibility index (Phi) is 3.40. The summed E-state index contributed by atoms with van der Waals surface area (Å²) >= 11 is 0. The maximum absolute atomic E-state index is 2.45. The third-order valence-electron chi connectivity index (χ3n) is 7.37. The lowest BCUT2D eigenvalue weighted by Gasteiger charge is -2.21. The summed E-state index contributed by atoms with van der Waals surface area (Å²) in [5.41, 5.74) is 9.32. The molecule has 0 saturated heterocycles. The normalized spacial score (nSPS) is 14.2. The van der Waals surface area contributed by atoms with E-state index in [1.807, 2.05) is 0 Å². The predicted molar refractivity (Wildman–Crippen MR) is 136 cm³/mol. The number of para-hydroxylation sites is 1. The van der Waals surface area contributed by atoms with E-state index in [0.29, 0.717) is 0 Å². The number of benzene rings is 5. The highest BCUT2D eigenvalue weighted by Gasteiger charge is 2.36. The smallest absolute Gasteiger partial charge is 0.0547 e. The maximum atomic E-state index is 2.45. The topological polar surface area (TPSA) is 4.93 Å². The van der Waals surface area contributed by atoms with Gasteiger partial charge in [-0.25, -0.2) is 0 Å². The molecule has 0 saturated carbocycles. The molecule has 0 bridgehead atoms. The van der Waals surface area contributed by atoms with Gasteiger partial charge in [-0.2, -0.15) is 0 Å². The molecule has 1 nitrogen and oxygen atoms in total. The Morgan fingerprint density at radius 2 is 1.28 bits per heavy atom. The number of nitrogens with zero attached hydrogens (tertiary/aromatic N) is 1. The summed E-state index contributed by atoms with van der Waals surface area (Å²) in [4.78, 5) is 0. The molecule has 152 valence electrons. The van der Waals surface area contributed by atoms with E-state index in [2.05, 4.69) is 122 Å². The molecule has 0 atom stereocenters. The molecular formula is C31H23N. The van der Waals surface area contributed by atoms with Gasteiger partial charge < -0.3 is 4.57 Å². The van der Waals surface area contributed by atoms with Crippen molar-refractivity contribution in [2.45, 2.75) is 19.3 Å². The summed E-state index contributed by atoms with van der Waals surface area (Å²) in [5, 5.41) is 5.18. The summed E-state index contributed by atoms with van der Waals surface area (Å²) in [7, 11) is 0. The van der Waals surface area contributed by atoms with E-state index in [4.69, 9.17) is 0 Å². The van der Waals surface area contributed by atoms with Crippen LogP contribution in [0.15, 0.2) is 103 Å². The Morgan fingerprint density at radius 3 is 2.19 bits per heavy atom. The van der Waals surface area contributed by atoms with Crippen LogP contribution in [0.2, 0.25) is 0 Å². The predicted octanol–water partition coefficient (Wildman–Crippen LogP) is 8.24. The summed E-state index contributed by atoms with van der Waals surface area (Å²) in [6.07, 6.45) is 0. The minimum Gasteiger partial charge on any atom is -0.309 e. The molecule has 1 aliphatic rings. The van der Waals surface area contributed by atoms with Gasteiger partial charge in [-0.05, 0) is 63.4 Å². The van der Waals surface area contributed by atoms with Crippen LogP contribution in [0.1, 0.15) is 25.0 Å². The van der Waals surface area contributed by atoms with Gasteiger partial charge in [0.05, 0.1) is 11.0 Å². The van der Waals surface area contributed by atoms with Crippen molar-refractivity contribution >= 4 is 32.6 Å². The molecule has 1 heteroatoms. The van der Waals surface area contributed by atoms with Crippen LogP contribution >= 0.6 is 0 Å². The number of hydrogen-bond donors (Lipinski definition) is 0. The average Bonchev–Trinajstić information content (AvgIpc) is 3.27. The van der Waals surface area contributed by atoms with E-state index in [9.17, 15) is 0 Å². The quantitative estimate of drug-likeness (QED) is 0.258. The highest BCUT2D eigenvalue weighted by atomic mass is 15.0. The highest BCUT2D eigenvalue weighted by Crippen LogP contribution is 2.50. The Balaban J connectivity index is 1.62. The maximum Gasteiger partial charge on any atom is 0.0547 e. The lowest BCUT2D eigenvalue weighted by atomic mass is 9.82. The van der Waals surface area contributed by atoms with Crippen molar-refractivity contribution in [1.29, 1.82) is 0 Å². The largest absolute Gasteiger partial charge is 0.309 e. The zero-order valence-corrected chi connectivity index (χ0v) is 18.3. The molecule has 0 amide bonds. The fourth-order valence-corrected chi connectivity index (χ4v) is 5.76. The van der Waals surface area contributed by atoms with Gasteiger partial charge in [0.25, 0.3) is 0 Å². The molecule has 0 N–H and O–H groups in total. The van der Waals surface area contributed by atoms with Gasteiger partial charge >= 0.3 is 0 Å². The van der Waals surface area contributed by atoms with Crippen LogP contribution in [0, 0.1) is 0 Å². The van der Waals surface area contributed by atoms with E-state index in [1.165, 1.54) is 60.5 Å². The second-order valence-electron chi connectivity index (χ2n) is 9.47. The molecule has 0 spiro atoms. The first kappa shape index (κ1) is 17.8. The van der Waals surface area contributed by atoms with Crippen LogP contribution < -0.4 is 0 Å². The Labute approximate surface area is 187 Å². The summed E-state index contributed by atoms with van der Waals surface area (Å²) in [6.45, 7) is 4.71. The van der Waals surface area contributed by atoms with E-state index < -0.39 is 0 Å². The monoisotopic (exact) mass is 409 g/mol. The van der Waals surface area contributed by atoms with Crippen LogP contribution in [0.5, 0.6) is 0 Å². The van der Waals surface area contributed by atoms with Gasteiger partial charge in [0.2, 0.25) is 0 Å². The Bertz CT molecular complexity index is 1700. The molecule has 6 aromatic rings. The standard InChI is InChI=1S/C31H23N/c1-31(2)27-13-7-5-11-23(27)25-19-30-26(18-28(25)31)24-12-6-8-14-29(24)32(30)22-16-15-20-9-3-4-10-21(20)17-22/h3-19H,1-2H3. The fourth-order valence-electron chi connectivity index (χ4n) is 5.76. The molecule has 0 radical (unpaired) electrons. The van der Waals surface area contributed by atoms with E-state index in [1.54, 1.807) is 0 Å². The van der Waals surface area contributed by atoms with Crippen LogP contribution in [-0.4, -0.2) is 4.57 Å². The number of fused-ring (bicyclic) bond motifs is 7. The second kappa shape index (κ2) is 6.11. The molecule has 1 heterocycles. The van der Waals surface area contributed by atoms with E-state index in [-0.39, 0.29) is 5.41 Å².